The molecule has 0 aliphatic heterocycles. The van der Waals surface area contributed by atoms with E-state index < -0.39 is 16.0 Å². The fourth-order valence-corrected chi connectivity index (χ4v) is 4.03. The predicted molar refractivity (Wildman–Crippen MR) is 78.9 cm³/mol. The lowest BCUT2D eigenvalue weighted by atomic mass is 10.2. The molecule has 2 rings (SSSR count). The van der Waals surface area contributed by atoms with Crippen LogP contribution in [0.2, 0.25) is 0 Å². The number of aromatic carboxylic acids is 1. The number of rotatable bonds is 5. The van der Waals surface area contributed by atoms with Crippen LogP contribution in [0.5, 0.6) is 0 Å². The quantitative estimate of drug-likeness (QED) is 0.907. The van der Waals surface area contributed by atoms with Gasteiger partial charge in [-0.3, -0.25) is 0 Å². The van der Waals surface area contributed by atoms with Gasteiger partial charge in [-0.15, -0.1) is 11.3 Å². The minimum Gasteiger partial charge on any atom is -0.478 e. The number of carboxylic acid groups (broad SMARTS) is 1. The molecular formula is C13H14N2O4S2. The third-order valence-electron chi connectivity index (χ3n) is 3.02. The molecule has 0 atom stereocenters. The van der Waals surface area contributed by atoms with Crippen LogP contribution in [0.3, 0.4) is 0 Å². The number of carbonyl (C=O) groups is 1. The average Bonchev–Trinajstić information content (AvgIpc) is 2.84. The Labute approximate surface area is 126 Å². The van der Waals surface area contributed by atoms with Crippen molar-refractivity contribution in [2.75, 3.05) is 7.05 Å². The van der Waals surface area contributed by atoms with E-state index in [-0.39, 0.29) is 17.0 Å². The molecule has 0 saturated carbocycles. The molecule has 0 radical (unpaired) electrons. The van der Waals surface area contributed by atoms with Crippen LogP contribution >= 0.6 is 11.3 Å². The molecule has 0 spiro atoms. The highest BCUT2D eigenvalue weighted by molar-refractivity contribution is 7.89. The Morgan fingerprint density at radius 1 is 1.38 bits per heavy atom. The Morgan fingerprint density at radius 3 is 2.62 bits per heavy atom. The van der Waals surface area contributed by atoms with Crippen molar-refractivity contribution in [2.45, 2.75) is 18.4 Å². The summed E-state index contributed by atoms with van der Waals surface area (Å²) in [6.45, 7) is 1.96. The van der Waals surface area contributed by atoms with Crippen LogP contribution in [0.15, 0.2) is 34.7 Å². The van der Waals surface area contributed by atoms with Gasteiger partial charge in [-0.25, -0.2) is 18.2 Å². The van der Waals surface area contributed by atoms with Gasteiger partial charge in [0.05, 0.1) is 21.7 Å². The Balaban J connectivity index is 2.38. The van der Waals surface area contributed by atoms with Crippen LogP contribution in [0, 0.1) is 6.92 Å². The maximum atomic E-state index is 12.5. The number of benzene rings is 1. The fraction of sp³-hybridized carbons (Fsp3) is 0.231. The van der Waals surface area contributed by atoms with Gasteiger partial charge in [-0.1, -0.05) is 12.1 Å². The summed E-state index contributed by atoms with van der Waals surface area (Å²) in [6, 6.07) is 5.58. The van der Waals surface area contributed by atoms with Crippen molar-refractivity contribution >= 4 is 27.3 Å². The summed E-state index contributed by atoms with van der Waals surface area (Å²) in [5, 5.41) is 9.12. The zero-order valence-electron chi connectivity index (χ0n) is 11.5. The molecule has 0 unspecified atom stereocenters. The van der Waals surface area contributed by atoms with E-state index in [1.807, 2.05) is 0 Å². The van der Waals surface area contributed by atoms with Crippen molar-refractivity contribution in [2.24, 2.45) is 0 Å². The summed E-state index contributed by atoms with van der Waals surface area (Å²) in [7, 11) is -2.45. The van der Waals surface area contributed by atoms with Crippen molar-refractivity contribution < 1.29 is 18.3 Å². The van der Waals surface area contributed by atoms with E-state index in [1.165, 1.54) is 42.6 Å². The van der Waals surface area contributed by atoms with E-state index in [4.69, 9.17) is 5.11 Å². The van der Waals surface area contributed by atoms with Crippen molar-refractivity contribution in [3.63, 3.8) is 0 Å². The number of carboxylic acids is 1. The Morgan fingerprint density at radius 2 is 2.05 bits per heavy atom. The van der Waals surface area contributed by atoms with Gasteiger partial charge in [0.1, 0.15) is 0 Å². The van der Waals surface area contributed by atoms with Crippen LogP contribution in [-0.2, 0) is 16.6 Å². The molecule has 0 bridgehead atoms. The molecule has 0 aliphatic carbocycles. The van der Waals surface area contributed by atoms with Gasteiger partial charge in [0.15, 0.2) is 0 Å². The number of aryl methyl sites for hydroxylation is 1. The van der Waals surface area contributed by atoms with Crippen LogP contribution in [0.4, 0.5) is 0 Å². The molecule has 1 aromatic carbocycles. The maximum Gasteiger partial charge on any atom is 0.337 e. The smallest absolute Gasteiger partial charge is 0.337 e. The van der Waals surface area contributed by atoms with E-state index in [1.54, 1.807) is 12.4 Å². The second kappa shape index (κ2) is 5.92. The van der Waals surface area contributed by atoms with E-state index in [2.05, 4.69) is 4.98 Å². The highest BCUT2D eigenvalue weighted by Crippen LogP contribution is 2.23. The SMILES string of the molecule is Cc1ncsc1CN(C)S(=O)(=O)c1ccccc1C(=O)O. The van der Waals surface area contributed by atoms with Gasteiger partial charge >= 0.3 is 5.97 Å². The number of hydrogen-bond acceptors (Lipinski definition) is 5. The molecule has 0 amide bonds. The lowest BCUT2D eigenvalue weighted by Crippen LogP contribution is -2.28. The predicted octanol–water partition coefficient (Wildman–Crippen LogP) is 1.97. The van der Waals surface area contributed by atoms with Gasteiger partial charge < -0.3 is 5.11 Å². The molecule has 8 heteroatoms. The molecule has 2 aromatic rings. The van der Waals surface area contributed by atoms with Gasteiger partial charge in [-0.2, -0.15) is 4.31 Å². The third kappa shape index (κ3) is 3.12. The first-order valence-corrected chi connectivity index (χ1v) is 8.33. The van der Waals surface area contributed by atoms with Crippen LogP contribution in [0.25, 0.3) is 0 Å². The third-order valence-corrected chi connectivity index (χ3v) is 5.80. The normalized spacial score (nSPS) is 11.8. The van der Waals surface area contributed by atoms with Crippen LogP contribution < -0.4 is 0 Å². The topological polar surface area (TPSA) is 87.6 Å². The molecule has 0 fully saturated rings. The van der Waals surface area contributed by atoms with E-state index in [0.717, 1.165) is 14.9 Å². The summed E-state index contributed by atoms with van der Waals surface area (Å²) in [6.07, 6.45) is 0. The molecule has 1 N–H and O–H groups in total. The number of sulfonamides is 1. The molecular weight excluding hydrogens is 312 g/mol. The van der Waals surface area contributed by atoms with Crippen molar-refractivity contribution in [1.29, 1.82) is 0 Å². The van der Waals surface area contributed by atoms with Crippen molar-refractivity contribution in [3.05, 3.63) is 45.9 Å². The van der Waals surface area contributed by atoms with Crippen molar-refractivity contribution in [3.8, 4) is 0 Å². The van der Waals surface area contributed by atoms with Gasteiger partial charge in [0, 0.05) is 18.5 Å². The minimum absolute atomic E-state index is 0.160. The van der Waals surface area contributed by atoms with Gasteiger partial charge in [-0.05, 0) is 19.1 Å². The molecule has 6 nitrogen and oxygen atoms in total. The van der Waals surface area contributed by atoms with Gasteiger partial charge in [0.2, 0.25) is 10.0 Å². The lowest BCUT2D eigenvalue weighted by molar-refractivity contribution is 0.0692. The zero-order valence-corrected chi connectivity index (χ0v) is 13.1. The standard InChI is InChI=1S/C13H14N2O4S2/c1-9-11(20-8-14-9)7-15(2)21(18,19)12-6-4-3-5-10(12)13(16)17/h3-6,8H,7H2,1-2H3,(H,16,17). The van der Waals surface area contributed by atoms with Crippen LogP contribution in [-0.4, -0.2) is 35.8 Å². The summed E-state index contributed by atoms with van der Waals surface area (Å²) in [5.74, 6) is -1.27. The zero-order chi connectivity index (χ0) is 15.6. The number of hydrogen-bond donors (Lipinski definition) is 1. The number of nitrogens with zero attached hydrogens (tertiary/aromatic N) is 2. The minimum atomic E-state index is -3.88. The highest BCUT2D eigenvalue weighted by Gasteiger charge is 2.26. The molecule has 21 heavy (non-hydrogen) atoms. The maximum absolute atomic E-state index is 12.5. The molecule has 0 aliphatic rings. The molecule has 112 valence electrons. The second-order valence-corrected chi connectivity index (χ2v) is 7.38. The summed E-state index contributed by atoms with van der Waals surface area (Å²) < 4.78 is 26.2. The monoisotopic (exact) mass is 326 g/mol. The largest absolute Gasteiger partial charge is 0.478 e. The lowest BCUT2D eigenvalue weighted by Gasteiger charge is -2.17. The summed E-state index contributed by atoms with van der Waals surface area (Å²) >= 11 is 1.37. The second-order valence-electron chi connectivity index (χ2n) is 4.42. The van der Waals surface area contributed by atoms with Gasteiger partial charge in [0.25, 0.3) is 0 Å². The Bertz CT molecular complexity index is 768. The highest BCUT2D eigenvalue weighted by atomic mass is 32.2. The summed E-state index contributed by atoms with van der Waals surface area (Å²) in [4.78, 5) is 15.9. The summed E-state index contributed by atoms with van der Waals surface area (Å²) in [5.41, 5.74) is 2.19. The Kier molecular flexibility index (Phi) is 4.40. The van der Waals surface area contributed by atoms with E-state index >= 15 is 0 Å². The fourth-order valence-electron chi connectivity index (χ4n) is 1.80. The Hall–Kier alpha value is -1.77. The van der Waals surface area contributed by atoms with Crippen molar-refractivity contribution in [1.82, 2.24) is 9.29 Å². The molecule has 0 saturated heterocycles. The molecule has 1 heterocycles. The van der Waals surface area contributed by atoms with E-state index in [0.29, 0.717) is 0 Å². The van der Waals surface area contributed by atoms with E-state index in [9.17, 15) is 13.2 Å². The molecule has 1 aromatic heterocycles. The number of aromatic nitrogens is 1. The average molecular weight is 326 g/mol. The first kappa shape index (κ1) is 15.6. The first-order valence-electron chi connectivity index (χ1n) is 6.01. The first-order chi connectivity index (χ1) is 9.84. The van der Waals surface area contributed by atoms with Crippen LogP contribution in [0.1, 0.15) is 20.9 Å². The number of thiazole rings is 1.